The van der Waals surface area contributed by atoms with E-state index in [1.165, 1.54) is 11.3 Å². The molecule has 0 saturated carbocycles. The van der Waals surface area contributed by atoms with Gasteiger partial charge in [0.15, 0.2) is 0 Å². The molecule has 1 aromatic carbocycles. The lowest BCUT2D eigenvalue weighted by molar-refractivity contribution is -0.138. The van der Waals surface area contributed by atoms with Gasteiger partial charge in [0, 0.05) is 25.8 Å². The number of benzene rings is 1. The van der Waals surface area contributed by atoms with E-state index in [4.69, 9.17) is 10.8 Å². The van der Waals surface area contributed by atoms with Crippen molar-refractivity contribution in [2.24, 2.45) is 5.73 Å². The van der Waals surface area contributed by atoms with Crippen LogP contribution in [-0.4, -0.2) is 31.2 Å². The molecule has 0 radical (unpaired) electrons. The molecule has 0 aromatic heterocycles. The minimum atomic E-state index is -0.853. The molecular weight excluding hydrogens is 204 g/mol. The Balaban J connectivity index is 2.34. The maximum atomic E-state index is 11.0. The average Bonchev–Trinajstić information content (AvgIpc) is 2.61. The topological polar surface area (TPSA) is 66.6 Å². The van der Waals surface area contributed by atoms with Gasteiger partial charge in [0.25, 0.3) is 0 Å². The lowest BCUT2D eigenvalue weighted by atomic mass is 9.96. The first-order chi connectivity index (χ1) is 7.63. The molecule has 16 heavy (non-hydrogen) atoms. The van der Waals surface area contributed by atoms with E-state index in [1.807, 2.05) is 25.2 Å². The highest BCUT2D eigenvalue weighted by atomic mass is 16.4. The third-order valence-electron chi connectivity index (χ3n) is 3.17. The molecule has 2 rings (SSSR count). The molecule has 0 saturated heterocycles. The van der Waals surface area contributed by atoms with E-state index in [-0.39, 0.29) is 6.54 Å². The van der Waals surface area contributed by atoms with E-state index in [9.17, 15) is 4.79 Å². The van der Waals surface area contributed by atoms with E-state index in [0.29, 0.717) is 0 Å². The van der Waals surface area contributed by atoms with Crippen LogP contribution in [-0.2, 0) is 11.2 Å². The maximum absolute atomic E-state index is 11.0. The van der Waals surface area contributed by atoms with Crippen molar-refractivity contribution in [3.05, 3.63) is 29.3 Å². The molecule has 1 unspecified atom stereocenters. The summed E-state index contributed by atoms with van der Waals surface area (Å²) in [7, 11) is 2.04. The third-order valence-corrected chi connectivity index (χ3v) is 3.17. The van der Waals surface area contributed by atoms with E-state index in [2.05, 4.69) is 4.90 Å². The average molecular weight is 220 g/mol. The number of carbonyl (C=O) groups is 1. The predicted molar refractivity (Wildman–Crippen MR) is 62.8 cm³/mol. The Kier molecular flexibility index (Phi) is 2.83. The molecule has 0 spiro atoms. The number of rotatable bonds is 3. The van der Waals surface area contributed by atoms with Gasteiger partial charge in [-0.2, -0.15) is 0 Å². The van der Waals surface area contributed by atoms with Crippen LogP contribution in [0.2, 0.25) is 0 Å². The summed E-state index contributed by atoms with van der Waals surface area (Å²) in [6, 6.07) is 5.83. The Bertz CT molecular complexity index is 417. The fourth-order valence-corrected chi connectivity index (χ4v) is 2.18. The maximum Gasteiger partial charge on any atom is 0.312 e. The molecular formula is C12H16N2O2. The summed E-state index contributed by atoms with van der Waals surface area (Å²) in [6.07, 6.45) is 0.983. The summed E-state index contributed by atoms with van der Waals surface area (Å²) in [4.78, 5) is 13.2. The summed E-state index contributed by atoms with van der Waals surface area (Å²) in [5.74, 6) is -1.44. The van der Waals surface area contributed by atoms with Crippen LogP contribution in [0.1, 0.15) is 17.0 Å². The molecule has 4 nitrogen and oxygen atoms in total. The van der Waals surface area contributed by atoms with Gasteiger partial charge in [0.2, 0.25) is 0 Å². The number of nitrogens with two attached hydrogens (primary N) is 1. The largest absolute Gasteiger partial charge is 0.481 e. The molecule has 1 aliphatic rings. The van der Waals surface area contributed by atoms with Gasteiger partial charge in [-0.3, -0.25) is 4.79 Å². The first-order valence-corrected chi connectivity index (χ1v) is 5.40. The second kappa shape index (κ2) is 4.14. The Morgan fingerprint density at radius 2 is 2.38 bits per heavy atom. The minimum Gasteiger partial charge on any atom is -0.481 e. The molecule has 86 valence electrons. The van der Waals surface area contributed by atoms with Crippen LogP contribution in [0.4, 0.5) is 5.69 Å². The number of fused-ring (bicyclic) bond motifs is 1. The number of anilines is 1. The van der Waals surface area contributed by atoms with Crippen LogP contribution in [0.3, 0.4) is 0 Å². The van der Waals surface area contributed by atoms with Crippen LogP contribution < -0.4 is 10.6 Å². The molecule has 0 aliphatic carbocycles. The summed E-state index contributed by atoms with van der Waals surface area (Å²) in [6.45, 7) is 1.14. The lowest BCUT2D eigenvalue weighted by Crippen LogP contribution is -2.21. The number of aliphatic carboxylic acids is 1. The van der Waals surface area contributed by atoms with Crippen molar-refractivity contribution < 1.29 is 9.90 Å². The van der Waals surface area contributed by atoms with Crippen molar-refractivity contribution in [2.45, 2.75) is 12.3 Å². The SMILES string of the molecule is CN1CCc2cc(C(CN)C(=O)O)ccc21. The zero-order chi connectivity index (χ0) is 11.7. The Labute approximate surface area is 94.7 Å². The fraction of sp³-hybridized carbons (Fsp3) is 0.417. The van der Waals surface area contributed by atoms with Gasteiger partial charge in [-0.15, -0.1) is 0 Å². The number of hydrogen-bond donors (Lipinski definition) is 2. The Morgan fingerprint density at radius 1 is 1.62 bits per heavy atom. The van der Waals surface area contributed by atoms with E-state index in [0.717, 1.165) is 18.5 Å². The molecule has 4 heteroatoms. The van der Waals surface area contributed by atoms with Crippen molar-refractivity contribution >= 4 is 11.7 Å². The zero-order valence-electron chi connectivity index (χ0n) is 9.31. The second-order valence-electron chi connectivity index (χ2n) is 4.19. The molecule has 1 aromatic rings. The Hall–Kier alpha value is -1.55. The normalized spacial score (nSPS) is 16.0. The molecule has 1 aliphatic heterocycles. The second-order valence-corrected chi connectivity index (χ2v) is 4.19. The number of carboxylic acid groups (broad SMARTS) is 1. The van der Waals surface area contributed by atoms with Gasteiger partial charge in [0.1, 0.15) is 0 Å². The van der Waals surface area contributed by atoms with Crippen molar-refractivity contribution in [3.8, 4) is 0 Å². The predicted octanol–water partition coefficient (Wildman–Crippen LogP) is 0.806. The lowest BCUT2D eigenvalue weighted by Gasteiger charge is -2.14. The standard InChI is InChI=1S/C12H16N2O2/c1-14-5-4-9-6-8(2-3-11(9)14)10(7-13)12(15)16/h2-3,6,10H,4-5,7,13H2,1H3,(H,15,16). The summed E-state index contributed by atoms with van der Waals surface area (Å²) in [5, 5.41) is 9.04. The monoisotopic (exact) mass is 220 g/mol. The van der Waals surface area contributed by atoms with Gasteiger partial charge in [-0.25, -0.2) is 0 Å². The van der Waals surface area contributed by atoms with Gasteiger partial charge < -0.3 is 15.7 Å². The van der Waals surface area contributed by atoms with Crippen molar-refractivity contribution in [3.63, 3.8) is 0 Å². The summed E-state index contributed by atoms with van der Waals surface area (Å²) < 4.78 is 0. The van der Waals surface area contributed by atoms with E-state index < -0.39 is 11.9 Å². The van der Waals surface area contributed by atoms with Crippen molar-refractivity contribution in [2.75, 3.05) is 25.0 Å². The van der Waals surface area contributed by atoms with E-state index in [1.54, 1.807) is 0 Å². The fourth-order valence-electron chi connectivity index (χ4n) is 2.18. The van der Waals surface area contributed by atoms with Gasteiger partial charge in [-0.05, 0) is 23.6 Å². The zero-order valence-corrected chi connectivity index (χ0v) is 9.31. The highest BCUT2D eigenvalue weighted by Crippen LogP contribution is 2.29. The number of hydrogen-bond acceptors (Lipinski definition) is 3. The molecule has 3 N–H and O–H groups in total. The van der Waals surface area contributed by atoms with Crippen molar-refractivity contribution in [1.82, 2.24) is 0 Å². The third kappa shape index (κ3) is 1.76. The number of nitrogens with zero attached hydrogens (tertiary/aromatic N) is 1. The van der Waals surface area contributed by atoms with Crippen LogP contribution in [0, 0.1) is 0 Å². The summed E-state index contributed by atoms with van der Waals surface area (Å²) >= 11 is 0. The highest BCUT2D eigenvalue weighted by Gasteiger charge is 2.21. The molecule has 1 heterocycles. The van der Waals surface area contributed by atoms with Crippen molar-refractivity contribution in [1.29, 1.82) is 0 Å². The molecule has 0 bridgehead atoms. The van der Waals surface area contributed by atoms with Crippen LogP contribution in [0.25, 0.3) is 0 Å². The number of likely N-dealkylation sites (N-methyl/N-ethyl adjacent to an activating group) is 1. The van der Waals surface area contributed by atoms with Gasteiger partial charge in [-0.1, -0.05) is 12.1 Å². The number of carboxylic acids is 1. The summed E-state index contributed by atoms with van der Waals surface area (Å²) in [5.41, 5.74) is 8.72. The minimum absolute atomic E-state index is 0.143. The highest BCUT2D eigenvalue weighted by molar-refractivity contribution is 5.77. The molecule has 1 atom stereocenters. The first-order valence-electron chi connectivity index (χ1n) is 5.40. The molecule has 0 fully saturated rings. The van der Waals surface area contributed by atoms with Crippen LogP contribution in [0.5, 0.6) is 0 Å². The van der Waals surface area contributed by atoms with E-state index >= 15 is 0 Å². The molecule has 0 amide bonds. The first kappa shape index (κ1) is 11.0. The van der Waals surface area contributed by atoms with Crippen LogP contribution >= 0.6 is 0 Å². The smallest absolute Gasteiger partial charge is 0.312 e. The van der Waals surface area contributed by atoms with Gasteiger partial charge in [0.05, 0.1) is 5.92 Å². The van der Waals surface area contributed by atoms with Crippen LogP contribution in [0.15, 0.2) is 18.2 Å². The quantitative estimate of drug-likeness (QED) is 0.791. The van der Waals surface area contributed by atoms with Gasteiger partial charge >= 0.3 is 5.97 Å². The Morgan fingerprint density at radius 3 is 3.00 bits per heavy atom.